The van der Waals surface area contributed by atoms with Crippen LogP contribution in [0.4, 0.5) is 5.82 Å². The van der Waals surface area contributed by atoms with Crippen molar-refractivity contribution in [3.8, 4) is 0 Å². The standard InChI is InChI=1S/C20H29N5O8/c1-4-5-6-7-13(28)32-8-12-15(29)16(30)19(33-12)24-9-22-14-17(31)23-20(21,10(2)26)25(11(3)27)18(14)24/h9,12,15-16,19,29-30H,4-8,21H2,1-3H3,(H,23,31)/t12-,15?,16?,19-,20?/m1/s1. The lowest BCUT2D eigenvalue weighted by atomic mass is 10.1. The molecular weight excluding hydrogens is 438 g/mol. The molecule has 5 N–H and O–H groups in total. The summed E-state index contributed by atoms with van der Waals surface area (Å²) in [6.45, 7) is 3.95. The number of carbonyl (C=O) groups is 4. The Morgan fingerprint density at radius 2 is 1.97 bits per heavy atom. The molecule has 0 aliphatic carbocycles. The number of unbranched alkanes of at least 4 members (excludes halogenated alkanes) is 2. The van der Waals surface area contributed by atoms with E-state index in [9.17, 15) is 29.4 Å². The lowest BCUT2D eigenvalue weighted by Crippen LogP contribution is -2.75. The highest BCUT2D eigenvalue weighted by atomic mass is 16.6. The number of amides is 2. The van der Waals surface area contributed by atoms with Gasteiger partial charge < -0.3 is 25.0 Å². The third kappa shape index (κ3) is 4.49. The highest BCUT2D eigenvalue weighted by Crippen LogP contribution is 2.37. The fourth-order valence-electron chi connectivity index (χ4n) is 3.88. The third-order valence-electron chi connectivity index (χ3n) is 5.71. The molecule has 2 amide bonds. The van der Waals surface area contributed by atoms with Crippen molar-refractivity contribution in [3.05, 3.63) is 12.0 Å². The number of Topliss-reactive ketones (excluding diaryl/α,β-unsaturated/α-hetero) is 1. The number of nitrogens with zero attached hydrogens (tertiary/aromatic N) is 3. The van der Waals surface area contributed by atoms with Crippen LogP contribution in [0.5, 0.6) is 0 Å². The summed E-state index contributed by atoms with van der Waals surface area (Å²) in [6.07, 6.45) is -1.46. The van der Waals surface area contributed by atoms with Crippen LogP contribution in [0, 0.1) is 0 Å². The van der Waals surface area contributed by atoms with Crippen molar-refractivity contribution in [1.29, 1.82) is 0 Å². The Morgan fingerprint density at radius 3 is 2.58 bits per heavy atom. The van der Waals surface area contributed by atoms with Crippen LogP contribution in [0.3, 0.4) is 0 Å². The number of hydrogen-bond acceptors (Lipinski definition) is 10. The molecule has 2 aliphatic rings. The van der Waals surface area contributed by atoms with E-state index < -0.39 is 53.9 Å². The van der Waals surface area contributed by atoms with Crippen LogP contribution in [0.2, 0.25) is 0 Å². The van der Waals surface area contributed by atoms with Crippen molar-refractivity contribution < 1.29 is 38.9 Å². The van der Waals surface area contributed by atoms with Crippen molar-refractivity contribution in [2.75, 3.05) is 11.5 Å². The third-order valence-corrected chi connectivity index (χ3v) is 5.71. The van der Waals surface area contributed by atoms with E-state index in [0.29, 0.717) is 6.42 Å². The van der Waals surface area contributed by atoms with Gasteiger partial charge in [-0.15, -0.1) is 0 Å². The molecule has 13 nitrogen and oxygen atoms in total. The fraction of sp³-hybridized carbons (Fsp3) is 0.650. The number of carbonyl (C=O) groups excluding carboxylic acids is 4. The van der Waals surface area contributed by atoms with E-state index in [0.717, 1.165) is 42.5 Å². The Hall–Kier alpha value is -2.87. The molecule has 1 saturated heterocycles. The second-order valence-corrected chi connectivity index (χ2v) is 8.14. The summed E-state index contributed by atoms with van der Waals surface area (Å²) in [5.74, 6) is -5.00. The molecule has 3 unspecified atom stereocenters. The quantitative estimate of drug-likeness (QED) is 0.271. The highest BCUT2D eigenvalue weighted by Gasteiger charge is 2.52. The molecule has 1 fully saturated rings. The molecule has 13 heteroatoms. The van der Waals surface area contributed by atoms with Crippen molar-refractivity contribution in [1.82, 2.24) is 14.9 Å². The molecule has 2 aliphatic heterocycles. The zero-order valence-electron chi connectivity index (χ0n) is 18.7. The number of rotatable bonds is 8. The lowest BCUT2D eigenvalue weighted by Gasteiger charge is -2.42. The van der Waals surface area contributed by atoms with E-state index in [4.69, 9.17) is 15.2 Å². The number of ether oxygens (including phenoxy) is 2. The maximum absolute atomic E-state index is 12.5. The lowest BCUT2D eigenvalue weighted by molar-refractivity contribution is -0.150. The van der Waals surface area contributed by atoms with Crippen molar-refractivity contribution in [2.45, 2.75) is 76.8 Å². The highest BCUT2D eigenvalue weighted by molar-refractivity contribution is 6.12. The van der Waals surface area contributed by atoms with Crippen LogP contribution in [0.15, 0.2) is 6.33 Å². The molecule has 0 aromatic carbocycles. The minimum atomic E-state index is -2.18. The van der Waals surface area contributed by atoms with E-state index in [2.05, 4.69) is 10.3 Å². The second-order valence-electron chi connectivity index (χ2n) is 8.14. The number of fused-ring (bicyclic) bond motifs is 1. The summed E-state index contributed by atoms with van der Waals surface area (Å²) >= 11 is 0. The van der Waals surface area contributed by atoms with Crippen molar-refractivity contribution in [2.24, 2.45) is 5.73 Å². The first-order valence-corrected chi connectivity index (χ1v) is 10.7. The Kier molecular flexibility index (Phi) is 7.17. The summed E-state index contributed by atoms with van der Waals surface area (Å²) < 4.78 is 12.0. The largest absolute Gasteiger partial charge is 0.463 e. The fourth-order valence-corrected chi connectivity index (χ4v) is 3.88. The van der Waals surface area contributed by atoms with Crippen LogP contribution in [0.1, 0.15) is 63.2 Å². The van der Waals surface area contributed by atoms with Gasteiger partial charge in [-0.05, 0) is 6.42 Å². The number of esters is 1. The maximum Gasteiger partial charge on any atom is 0.305 e. The molecule has 3 rings (SSSR count). The molecule has 182 valence electrons. The maximum atomic E-state index is 12.5. The zero-order chi connectivity index (χ0) is 24.5. The van der Waals surface area contributed by atoms with Crippen LogP contribution in [-0.4, -0.2) is 74.0 Å². The smallest absolute Gasteiger partial charge is 0.305 e. The van der Waals surface area contributed by atoms with Crippen LogP contribution < -0.4 is 16.0 Å². The molecule has 0 bridgehead atoms. The molecule has 0 spiro atoms. The van der Waals surface area contributed by atoms with Crippen molar-refractivity contribution >= 4 is 29.4 Å². The molecule has 5 atom stereocenters. The number of aromatic nitrogens is 2. The number of aliphatic hydroxyl groups excluding tert-OH is 2. The number of imidazole rings is 1. The molecule has 33 heavy (non-hydrogen) atoms. The molecular formula is C20H29N5O8. The number of nitrogens with one attached hydrogen (secondary N) is 1. The summed E-state index contributed by atoms with van der Waals surface area (Å²) in [5, 5.41) is 23.3. The summed E-state index contributed by atoms with van der Waals surface area (Å²) in [7, 11) is 0. The number of anilines is 1. The number of aliphatic hydroxyl groups is 2. The molecule has 1 aromatic rings. The van der Waals surface area contributed by atoms with Crippen molar-refractivity contribution in [3.63, 3.8) is 0 Å². The zero-order valence-corrected chi connectivity index (χ0v) is 18.7. The van der Waals surface area contributed by atoms with E-state index in [1.54, 1.807) is 0 Å². The van der Waals surface area contributed by atoms with Crippen LogP contribution in [0.25, 0.3) is 0 Å². The molecule has 0 saturated carbocycles. The van der Waals surface area contributed by atoms with E-state index in [1.165, 1.54) is 0 Å². The second kappa shape index (κ2) is 9.55. The Bertz CT molecular complexity index is 949. The van der Waals surface area contributed by atoms with Gasteiger partial charge >= 0.3 is 5.97 Å². The minimum absolute atomic E-state index is 0.169. The average Bonchev–Trinajstić information content (AvgIpc) is 3.28. The van der Waals surface area contributed by atoms with Gasteiger partial charge in [0.15, 0.2) is 23.5 Å². The normalized spacial score (nSPS) is 28.9. The summed E-state index contributed by atoms with van der Waals surface area (Å²) in [4.78, 5) is 53.9. The van der Waals surface area contributed by atoms with E-state index in [-0.39, 0.29) is 24.5 Å². The summed E-state index contributed by atoms with van der Waals surface area (Å²) in [5.41, 5.74) is 5.85. The van der Waals surface area contributed by atoms with Gasteiger partial charge in [-0.2, -0.15) is 0 Å². The van der Waals surface area contributed by atoms with E-state index >= 15 is 0 Å². The molecule has 1 aromatic heterocycles. The van der Waals surface area contributed by atoms with Gasteiger partial charge in [0.25, 0.3) is 5.91 Å². The predicted molar refractivity (Wildman–Crippen MR) is 111 cm³/mol. The Labute approximate surface area is 189 Å². The Morgan fingerprint density at radius 1 is 1.27 bits per heavy atom. The van der Waals surface area contributed by atoms with Crippen LogP contribution >= 0.6 is 0 Å². The first-order valence-electron chi connectivity index (χ1n) is 10.7. The van der Waals surface area contributed by atoms with Gasteiger partial charge in [0.2, 0.25) is 11.7 Å². The number of nitrogens with two attached hydrogens (primary N) is 1. The monoisotopic (exact) mass is 467 g/mol. The average molecular weight is 467 g/mol. The first-order chi connectivity index (χ1) is 15.5. The van der Waals surface area contributed by atoms with E-state index in [1.807, 2.05) is 6.92 Å². The number of ketones is 1. The van der Waals surface area contributed by atoms with Gasteiger partial charge in [0.1, 0.15) is 24.9 Å². The molecule has 0 radical (unpaired) electrons. The van der Waals surface area contributed by atoms with Gasteiger partial charge in [-0.3, -0.25) is 34.4 Å². The minimum Gasteiger partial charge on any atom is -0.463 e. The topological polar surface area (TPSA) is 186 Å². The summed E-state index contributed by atoms with van der Waals surface area (Å²) in [6, 6.07) is 0. The van der Waals surface area contributed by atoms with Gasteiger partial charge in [-0.1, -0.05) is 19.8 Å². The van der Waals surface area contributed by atoms with Gasteiger partial charge in [0, 0.05) is 20.3 Å². The first kappa shape index (κ1) is 24.8. The predicted octanol–water partition coefficient (Wildman–Crippen LogP) is -1.08. The van der Waals surface area contributed by atoms with Gasteiger partial charge in [-0.25, -0.2) is 4.98 Å². The SMILES string of the molecule is CCCCCC(=O)OC[C@H]1O[C@@H](n2cnc3c2N(C(C)=O)C(N)(C(C)=O)NC3=O)C(O)C1O. The van der Waals surface area contributed by atoms with Crippen LogP contribution in [-0.2, 0) is 23.9 Å². The van der Waals surface area contributed by atoms with Gasteiger partial charge in [0.05, 0.1) is 6.33 Å². The number of hydrogen-bond donors (Lipinski definition) is 4. The molecule has 3 heterocycles. The Balaban J connectivity index is 1.85.